The fourth-order valence-corrected chi connectivity index (χ4v) is 5.61. The van der Waals surface area contributed by atoms with E-state index in [2.05, 4.69) is 15.0 Å². The predicted molar refractivity (Wildman–Crippen MR) is 91.5 cm³/mol. The normalized spacial score (nSPS) is 18.8. The lowest BCUT2D eigenvalue weighted by Gasteiger charge is -2.35. The van der Waals surface area contributed by atoms with Gasteiger partial charge in [0.05, 0.1) is 6.04 Å². The largest absolute Gasteiger partial charge is 0.338 e. The van der Waals surface area contributed by atoms with Crippen LogP contribution in [0.4, 0.5) is 0 Å². The van der Waals surface area contributed by atoms with Crippen molar-refractivity contribution in [2.75, 3.05) is 26.2 Å². The summed E-state index contributed by atoms with van der Waals surface area (Å²) in [6.45, 7) is 8.15. The first kappa shape index (κ1) is 17.5. The summed E-state index contributed by atoms with van der Waals surface area (Å²) in [6.07, 6.45) is 0.739. The summed E-state index contributed by atoms with van der Waals surface area (Å²) in [5.74, 6) is 1.29. The zero-order valence-corrected chi connectivity index (χ0v) is 15.7. The first-order valence-corrected chi connectivity index (χ1v) is 10.3. The summed E-state index contributed by atoms with van der Waals surface area (Å²) >= 11 is 1.32. The molecule has 3 heterocycles. The second kappa shape index (κ2) is 6.91. The van der Waals surface area contributed by atoms with Crippen LogP contribution in [0.2, 0.25) is 0 Å². The Kier molecular flexibility index (Phi) is 5.05. The van der Waals surface area contributed by atoms with E-state index in [9.17, 15) is 8.42 Å². The van der Waals surface area contributed by atoms with E-state index in [4.69, 9.17) is 4.52 Å². The van der Waals surface area contributed by atoms with Crippen LogP contribution in [0.25, 0.3) is 0 Å². The highest BCUT2D eigenvalue weighted by molar-refractivity contribution is 7.91. The third-order valence-electron chi connectivity index (χ3n) is 4.29. The fourth-order valence-electron chi connectivity index (χ4n) is 2.75. The monoisotopic (exact) mass is 370 g/mol. The quantitative estimate of drug-likeness (QED) is 0.802. The molecular weight excluding hydrogens is 348 g/mol. The maximum atomic E-state index is 12.7. The van der Waals surface area contributed by atoms with Gasteiger partial charge in [-0.15, -0.1) is 11.3 Å². The van der Waals surface area contributed by atoms with Crippen molar-refractivity contribution in [3.63, 3.8) is 0 Å². The number of nitrogens with zero attached hydrogens (tertiary/aromatic N) is 4. The minimum absolute atomic E-state index is 0.00774. The summed E-state index contributed by atoms with van der Waals surface area (Å²) < 4.78 is 32.6. The standard InChI is InChI=1S/C15H22N4O3S2/c1-4-13-16-15(22-17-13)12(3)18-7-9-19(10-8-18)24(20,21)14-6-5-11(2)23-14/h5-6,12H,4,7-10H2,1-3H3. The van der Waals surface area contributed by atoms with Crippen LogP contribution in [0.5, 0.6) is 0 Å². The van der Waals surface area contributed by atoms with E-state index in [0.29, 0.717) is 42.1 Å². The van der Waals surface area contributed by atoms with E-state index in [1.807, 2.05) is 26.8 Å². The molecule has 1 aliphatic heterocycles. The Balaban J connectivity index is 1.65. The van der Waals surface area contributed by atoms with Gasteiger partial charge in [0.2, 0.25) is 5.89 Å². The second-order valence-electron chi connectivity index (χ2n) is 5.88. The highest BCUT2D eigenvalue weighted by Crippen LogP contribution is 2.27. The molecule has 3 rings (SSSR count). The number of sulfonamides is 1. The summed E-state index contributed by atoms with van der Waals surface area (Å²) in [6, 6.07) is 3.53. The molecule has 0 bridgehead atoms. The van der Waals surface area contributed by atoms with Crippen LogP contribution in [0.1, 0.15) is 36.5 Å². The molecule has 1 fully saturated rings. The van der Waals surface area contributed by atoms with Gasteiger partial charge in [-0.2, -0.15) is 9.29 Å². The van der Waals surface area contributed by atoms with Gasteiger partial charge in [-0.1, -0.05) is 12.1 Å². The van der Waals surface area contributed by atoms with Gasteiger partial charge < -0.3 is 4.52 Å². The lowest BCUT2D eigenvalue weighted by atomic mass is 10.2. The lowest BCUT2D eigenvalue weighted by Crippen LogP contribution is -2.49. The van der Waals surface area contributed by atoms with Gasteiger partial charge in [0, 0.05) is 37.5 Å². The van der Waals surface area contributed by atoms with Crippen molar-refractivity contribution in [3.05, 3.63) is 28.7 Å². The molecule has 0 amide bonds. The average Bonchev–Trinajstić information content (AvgIpc) is 3.23. The number of hydrogen-bond acceptors (Lipinski definition) is 7. The second-order valence-corrected chi connectivity index (χ2v) is 9.34. The SMILES string of the molecule is CCc1noc(C(C)N2CCN(S(=O)(=O)c3ccc(C)s3)CC2)n1. The summed E-state index contributed by atoms with van der Waals surface area (Å²) in [7, 11) is -3.38. The molecule has 0 aromatic carbocycles. The first-order valence-electron chi connectivity index (χ1n) is 8.05. The number of thiophene rings is 1. The van der Waals surface area contributed by atoms with Crippen LogP contribution >= 0.6 is 11.3 Å². The number of piperazine rings is 1. The van der Waals surface area contributed by atoms with Gasteiger partial charge in [-0.3, -0.25) is 4.90 Å². The van der Waals surface area contributed by atoms with Crippen molar-refractivity contribution in [1.29, 1.82) is 0 Å². The molecule has 0 aliphatic carbocycles. The van der Waals surface area contributed by atoms with Gasteiger partial charge in [-0.25, -0.2) is 8.42 Å². The van der Waals surface area contributed by atoms with Crippen LogP contribution in [0.15, 0.2) is 20.9 Å². The number of rotatable bonds is 5. The summed E-state index contributed by atoms with van der Waals surface area (Å²) in [4.78, 5) is 7.56. The van der Waals surface area contributed by atoms with E-state index in [1.165, 1.54) is 11.3 Å². The molecule has 0 radical (unpaired) electrons. The zero-order valence-electron chi connectivity index (χ0n) is 14.1. The van der Waals surface area contributed by atoms with Crippen LogP contribution in [-0.2, 0) is 16.4 Å². The third-order valence-corrected chi connectivity index (χ3v) is 7.65. The van der Waals surface area contributed by atoms with Gasteiger partial charge in [0.1, 0.15) is 4.21 Å². The van der Waals surface area contributed by atoms with E-state index >= 15 is 0 Å². The Morgan fingerprint density at radius 1 is 1.29 bits per heavy atom. The van der Waals surface area contributed by atoms with E-state index in [1.54, 1.807) is 10.4 Å². The minimum atomic E-state index is -3.38. The van der Waals surface area contributed by atoms with Crippen molar-refractivity contribution in [2.45, 2.75) is 37.4 Å². The van der Waals surface area contributed by atoms with Crippen LogP contribution in [-0.4, -0.2) is 53.9 Å². The molecule has 1 atom stereocenters. The van der Waals surface area contributed by atoms with E-state index in [0.717, 1.165) is 11.3 Å². The molecule has 1 unspecified atom stereocenters. The van der Waals surface area contributed by atoms with Crippen LogP contribution in [0, 0.1) is 6.92 Å². The number of aryl methyl sites for hydroxylation is 2. The molecule has 0 spiro atoms. The smallest absolute Gasteiger partial charge is 0.252 e. The lowest BCUT2D eigenvalue weighted by molar-refractivity contribution is 0.124. The Hall–Kier alpha value is -1.29. The molecule has 9 heteroatoms. The molecule has 1 aliphatic rings. The highest BCUT2D eigenvalue weighted by atomic mass is 32.2. The van der Waals surface area contributed by atoms with E-state index < -0.39 is 10.0 Å². The maximum absolute atomic E-state index is 12.7. The topological polar surface area (TPSA) is 79.5 Å². The summed E-state index contributed by atoms with van der Waals surface area (Å²) in [5.41, 5.74) is 0. The molecule has 0 N–H and O–H groups in total. The Bertz CT molecular complexity index is 791. The van der Waals surface area contributed by atoms with Crippen LogP contribution in [0.3, 0.4) is 0 Å². The average molecular weight is 371 g/mol. The molecule has 0 saturated carbocycles. The first-order chi connectivity index (χ1) is 11.4. The third kappa shape index (κ3) is 3.39. The van der Waals surface area contributed by atoms with Crippen molar-refractivity contribution in [1.82, 2.24) is 19.3 Å². The minimum Gasteiger partial charge on any atom is -0.338 e. The van der Waals surface area contributed by atoms with Gasteiger partial charge in [0.15, 0.2) is 5.82 Å². The molecule has 24 heavy (non-hydrogen) atoms. The van der Waals surface area contributed by atoms with Crippen molar-refractivity contribution in [2.24, 2.45) is 0 Å². The van der Waals surface area contributed by atoms with Crippen molar-refractivity contribution in [3.8, 4) is 0 Å². The predicted octanol–water partition coefficient (Wildman–Crippen LogP) is 2.07. The number of aromatic nitrogens is 2. The molecule has 2 aromatic heterocycles. The molecular formula is C15H22N4O3S2. The Labute approximate surface area is 146 Å². The Morgan fingerprint density at radius 3 is 2.54 bits per heavy atom. The molecule has 132 valence electrons. The molecule has 1 saturated heterocycles. The van der Waals surface area contributed by atoms with Crippen LogP contribution < -0.4 is 0 Å². The van der Waals surface area contributed by atoms with Gasteiger partial charge in [-0.05, 0) is 26.0 Å². The summed E-state index contributed by atoms with van der Waals surface area (Å²) in [5, 5.41) is 3.93. The highest BCUT2D eigenvalue weighted by Gasteiger charge is 2.32. The number of hydrogen-bond donors (Lipinski definition) is 0. The molecule has 2 aromatic rings. The van der Waals surface area contributed by atoms with Gasteiger partial charge in [0.25, 0.3) is 10.0 Å². The van der Waals surface area contributed by atoms with E-state index in [-0.39, 0.29) is 6.04 Å². The maximum Gasteiger partial charge on any atom is 0.252 e. The van der Waals surface area contributed by atoms with Crippen molar-refractivity contribution < 1.29 is 12.9 Å². The molecule has 7 nitrogen and oxygen atoms in total. The van der Waals surface area contributed by atoms with Gasteiger partial charge >= 0.3 is 0 Å². The van der Waals surface area contributed by atoms with Crippen molar-refractivity contribution >= 4 is 21.4 Å². The zero-order chi connectivity index (χ0) is 17.3. The fraction of sp³-hybridized carbons (Fsp3) is 0.600. The Morgan fingerprint density at radius 2 is 2.00 bits per heavy atom.